The number of piperazine rings is 1. The van der Waals surface area contributed by atoms with Crippen molar-refractivity contribution in [1.29, 1.82) is 0 Å². The van der Waals surface area contributed by atoms with Crippen LogP contribution >= 0.6 is 0 Å². The molecule has 0 spiro atoms. The van der Waals surface area contributed by atoms with E-state index in [2.05, 4.69) is 10.2 Å². The lowest BCUT2D eigenvalue weighted by Crippen LogP contribution is -2.49. The number of amides is 3. The zero-order chi connectivity index (χ0) is 30.3. The van der Waals surface area contributed by atoms with Crippen LogP contribution in [0.1, 0.15) is 26.3 Å². The Morgan fingerprint density at radius 2 is 1.33 bits per heavy atom. The van der Waals surface area contributed by atoms with E-state index in [0.29, 0.717) is 37.4 Å². The van der Waals surface area contributed by atoms with Crippen LogP contribution in [0.4, 0.5) is 24.5 Å². The Kier molecular flexibility index (Phi) is 9.05. The van der Waals surface area contributed by atoms with Gasteiger partial charge in [-0.3, -0.25) is 14.4 Å². The molecule has 43 heavy (non-hydrogen) atoms. The van der Waals surface area contributed by atoms with Crippen molar-refractivity contribution in [2.24, 2.45) is 0 Å². The number of carbonyl (C=O) groups excluding carboxylic acids is 3. The Labute approximate surface area is 247 Å². The molecule has 7 nitrogen and oxygen atoms in total. The Balaban J connectivity index is 1.19. The summed E-state index contributed by atoms with van der Waals surface area (Å²) in [7, 11) is 0. The molecule has 0 saturated carbocycles. The lowest BCUT2D eigenvalue weighted by Gasteiger charge is -2.36. The SMILES string of the molecule is O=C(CN(Cc1ccc(F)cc1)C(=O)c1ccc(F)cc1)Nc1ccc(N2CCN(C(=O)c3ccccc3F)CC2)cc1. The van der Waals surface area contributed by atoms with Crippen molar-refractivity contribution in [3.05, 3.63) is 131 Å². The lowest BCUT2D eigenvalue weighted by atomic mass is 10.1. The van der Waals surface area contributed by atoms with Crippen LogP contribution in [0.2, 0.25) is 0 Å². The maximum Gasteiger partial charge on any atom is 0.256 e. The van der Waals surface area contributed by atoms with Crippen LogP contribution in [0.3, 0.4) is 0 Å². The van der Waals surface area contributed by atoms with Crippen LogP contribution in [0, 0.1) is 17.5 Å². The molecule has 1 saturated heterocycles. The van der Waals surface area contributed by atoms with E-state index in [1.54, 1.807) is 29.2 Å². The van der Waals surface area contributed by atoms with E-state index in [9.17, 15) is 27.6 Å². The summed E-state index contributed by atoms with van der Waals surface area (Å²) >= 11 is 0. The number of nitrogens with zero attached hydrogens (tertiary/aromatic N) is 3. The standard InChI is InChI=1S/C33H29F3N4O3/c34-25-9-5-23(6-10-25)21-40(32(42)24-7-11-26(35)12-8-24)22-31(41)37-27-13-15-28(16-14-27)38-17-19-39(20-18-38)33(43)29-3-1-2-4-30(29)36/h1-16H,17-22H2,(H,37,41). The van der Waals surface area contributed by atoms with Gasteiger partial charge in [-0.15, -0.1) is 0 Å². The average molecular weight is 587 g/mol. The molecule has 4 aromatic rings. The molecule has 5 rings (SSSR count). The van der Waals surface area contributed by atoms with Crippen LogP contribution in [-0.2, 0) is 11.3 Å². The first-order valence-corrected chi connectivity index (χ1v) is 13.7. The molecular weight excluding hydrogens is 557 g/mol. The summed E-state index contributed by atoms with van der Waals surface area (Å²) in [6.07, 6.45) is 0. The third-order valence-corrected chi connectivity index (χ3v) is 7.19. The van der Waals surface area contributed by atoms with Crippen LogP contribution in [0.25, 0.3) is 0 Å². The van der Waals surface area contributed by atoms with E-state index in [0.717, 1.165) is 5.69 Å². The van der Waals surface area contributed by atoms with E-state index in [1.165, 1.54) is 65.6 Å². The molecule has 220 valence electrons. The van der Waals surface area contributed by atoms with Gasteiger partial charge in [0.2, 0.25) is 5.91 Å². The molecule has 0 radical (unpaired) electrons. The summed E-state index contributed by atoms with van der Waals surface area (Å²) in [5.41, 5.74) is 2.34. The summed E-state index contributed by atoms with van der Waals surface area (Å²) in [6.45, 7) is 1.78. The Hall–Kier alpha value is -5.12. The van der Waals surface area contributed by atoms with Gasteiger partial charge in [0.25, 0.3) is 11.8 Å². The highest BCUT2D eigenvalue weighted by Gasteiger charge is 2.24. The van der Waals surface area contributed by atoms with Gasteiger partial charge in [0, 0.05) is 49.7 Å². The first-order chi connectivity index (χ1) is 20.8. The molecular formula is C33H29F3N4O3. The van der Waals surface area contributed by atoms with Gasteiger partial charge in [-0.2, -0.15) is 0 Å². The summed E-state index contributed by atoms with van der Waals surface area (Å²) < 4.78 is 40.9. The van der Waals surface area contributed by atoms with Crippen molar-refractivity contribution >= 4 is 29.1 Å². The minimum Gasteiger partial charge on any atom is -0.368 e. The first kappa shape index (κ1) is 29.4. The molecule has 1 fully saturated rings. The summed E-state index contributed by atoms with van der Waals surface area (Å²) in [6, 6.07) is 23.8. The number of anilines is 2. The second-order valence-electron chi connectivity index (χ2n) is 10.1. The number of nitrogens with one attached hydrogen (secondary N) is 1. The van der Waals surface area contributed by atoms with Gasteiger partial charge < -0.3 is 20.0 Å². The van der Waals surface area contributed by atoms with Gasteiger partial charge in [-0.05, 0) is 78.4 Å². The molecule has 0 unspecified atom stereocenters. The van der Waals surface area contributed by atoms with E-state index in [4.69, 9.17) is 0 Å². The molecule has 0 atom stereocenters. The van der Waals surface area contributed by atoms with Crippen molar-refractivity contribution in [3.63, 3.8) is 0 Å². The van der Waals surface area contributed by atoms with Crippen molar-refractivity contribution < 1.29 is 27.6 Å². The zero-order valence-corrected chi connectivity index (χ0v) is 23.2. The Morgan fingerprint density at radius 3 is 1.95 bits per heavy atom. The maximum absolute atomic E-state index is 14.0. The van der Waals surface area contributed by atoms with Crippen molar-refractivity contribution in [3.8, 4) is 0 Å². The van der Waals surface area contributed by atoms with Gasteiger partial charge in [0.15, 0.2) is 0 Å². The number of halogens is 3. The lowest BCUT2D eigenvalue weighted by molar-refractivity contribution is -0.117. The van der Waals surface area contributed by atoms with E-state index in [-0.39, 0.29) is 30.1 Å². The monoisotopic (exact) mass is 586 g/mol. The molecule has 3 amide bonds. The Bertz CT molecular complexity index is 1590. The van der Waals surface area contributed by atoms with E-state index >= 15 is 0 Å². The predicted molar refractivity (Wildman–Crippen MR) is 157 cm³/mol. The van der Waals surface area contributed by atoms with Crippen LogP contribution in [-0.4, -0.2) is 60.2 Å². The minimum absolute atomic E-state index is 0.0498. The number of rotatable bonds is 8. The van der Waals surface area contributed by atoms with Crippen LogP contribution < -0.4 is 10.2 Å². The van der Waals surface area contributed by atoms with Crippen LogP contribution in [0.15, 0.2) is 97.1 Å². The quantitative estimate of drug-likeness (QED) is 0.302. The van der Waals surface area contributed by atoms with Crippen molar-refractivity contribution in [1.82, 2.24) is 9.80 Å². The van der Waals surface area contributed by atoms with Crippen molar-refractivity contribution in [2.75, 3.05) is 42.9 Å². The van der Waals surface area contributed by atoms with Gasteiger partial charge in [0.05, 0.1) is 5.56 Å². The van der Waals surface area contributed by atoms with Crippen molar-refractivity contribution in [2.45, 2.75) is 6.54 Å². The smallest absolute Gasteiger partial charge is 0.256 e. The predicted octanol–water partition coefficient (Wildman–Crippen LogP) is 5.35. The maximum atomic E-state index is 14.0. The summed E-state index contributed by atoms with van der Waals surface area (Å²) in [4.78, 5) is 43.9. The summed E-state index contributed by atoms with van der Waals surface area (Å²) in [5.74, 6) is -2.68. The average Bonchev–Trinajstić information content (AvgIpc) is 3.02. The number of carbonyl (C=O) groups is 3. The fourth-order valence-electron chi connectivity index (χ4n) is 4.89. The van der Waals surface area contributed by atoms with E-state index < -0.39 is 29.3 Å². The number of benzene rings is 4. The molecule has 1 aliphatic rings. The van der Waals surface area contributed by atoms with Gasteiger partial charge in [0.1, 0.15) is 24.0 Å². The molecule has 4 aromatic carbocycles. The highest BCUT2D eigenvalue weighted by molar-refractivity contribution is 5.99. The first-order valence-electron chi connectivity index (χ1n) is 13.7. The van der Waals surface area contributed by atoms with E-state index in [1.807, 2.05) is 12.1 Å². The molecule has 1 heterocycles. The molecule has 0 bridgehead atoms. The zero-order valence-electron chi connectivity index (χ0n) is 23.2. The molecule has 0 aliphatic carbocycles. The molecule has 1 aliphatic heterocycles. The second kappa shape index (κ2) is 13.2. The fourth-order valence-corrected chi connectivity index (χ4v) is 4.89. The third-order valence-electron chi connectivity index (χ3n) is 7.19. The highest BCUT2D eigenvalue weighted by atomic mass is 19.1. The summed E-state index contributed by atoms with van der Waals surface area (Å²) in [5, 5.41) is 2.80. The molecule has 1 N–H and O–H groups in total. The molecule has 0 aromatic heterocycles. The van der Waals surface area contributed by atoms with Gasteiger partial charge in [-0.25, -0.2) is 13.2 Å². The van der Waals surface area contributed by atoms with Gasteiger partial charge >= 0.3 is 0 Å². The number of hydrogen-bond acceptors (Lipinski definition) is 4. The largest absolute Gasteiger partial charge is 0.368 e. The third kappa shape index (κ3) is 7.40. The Morgan fingerprint density at radius 1 is 0.721 bits per heavy atom. The molecule has 10 heteroatoms. The topological polar surface area (TPSA) is 73.0 Å². The second-order valence-corrected chi connectivity index (χ2v) is 10.1. The van der Waals surface area contributed by atoms with Gasteiger partial charge in [-0.1, -0.05) is 24.3 Å². The van der Waals surface area contributed by atoms with Crippen LogP contribution in [0.5, 0.6) is 0 Å². The minimum atomic E-state index is -0.536. The number of hydrogen-bond donors (Lipinski definition) is 1. The normalized spacial score (nSPS) is 13.0. The highest BCUT2D eigenvalue weighted by Crippen LogP contribution is 2.21. The fraction of sp³-hybridized carbons (Fsp3) is 0.182.